The van der Waals surface area contributed by atoms with Gasteiger partial charge in [-0.15, -0.1) is 0 Å². The number of aryl methyl sites for hydroxylation is 1. The Morgan fingerprint density at radius 2 is 1.49 bits per heavy atom. The molecule has 0 bridgehead atoms. The van der Waals surface area contributed by atoms with Gasteiger partial charge in [-0.3, -0.25) is 13.6 Å². The average Bonchev–Trinajstić information content (AvgIpc) is 3.29. The van der Waals surface area contributed by atoms with Crippen molar-refractivity contribution in [3.8, 4) is 5.75 Å². The minimum absolute atomic E-state index is 0.0971. The van der Waals surface area contributed by atoms with Crippen molar-refractivity contribution < 1.29 is 40.8 Å². The molecule has 1 unspecified atom stereocenters. The first kappa shape index (κ1) is 35.0. The van der Waals surface area contributed by atoms with Gasteiger partial charge in [-0.1, -0.05) is 48.5 Å². The second kappa shape index (κ2) is 13.4. The third-order valence-corrected chi connectivity index (χ3v) is 8.89. The number of alkyl halides is 3. The third kappa shape index (κ3) is 10.3. The highest BCUT2D eigenvalue weighted by Gasteiger charge is 2.43. The monoisotopic (exact) mass is 649 g/mol. The van der Waals surface area contributed by atoms with Gasteiger partial charge in [-0.2, -0.15) is 13.2 Å². The van der Waals surface area contributed by atoms with E-state index >= 15 is 0 Å². The molecule has 3 aromatic carbocycles. The first-order valence-electron chi connectivity index (χ1n) is 15.0. The van der Waals surface area contributed by atoms with Gasteiger partial charge in [0.25, 0.3) is 0 Å². The van der Waals surface area contributed by atoms with Crippen molar-refractivity contribution in [3.05, 3.63) is 77.4 Å². The van der Waals surface area contributed by atoms with Crippen molar-refractivity contribution in [2.45, 2.75) is 90.6 Å². The molecule has 0 saturated heterocycles. The Kier molecular flexibility index (Phi) is 10.4. The molecule has 0 aromatic heterocycles. The SMILES string of the molecule is CC1=NC(CCc2ccc(OCCc3ccc4ccccc4c3)c(C(F)(F)F)c2)(COP(=O)(OC(C)(C)C)OC(C)(C)C)CO1. The topological polar surface area (TPSA) is 75.6 Å². The van der Waals surface area contributed by atoms with E-state index in [1.54, 1.807) is 54.5 Å². The minimum Gasteiger partial charge on any atom is -0.493 e. The summed E-state index contributed by atoms with van der Waals surface area (Å²) >= 11 is 0. The zero-order chi connectivity index (χ0) is 33.1. The zero-order valence-electron chi connectivity index (χ0n) is 27.0. The van der Waals surface area contributed by atoms with Crippen LogP contribution in [-0.4, -0.2) is 42.5 Å². The van der Waals surface area contributed by atoms with Crippen LogP contribution in [0.4, 0.5) is 13.2 Å². The van der Waals surface area contributed by atoms with E-state index in [2.05, 4.69) is 4.99 Å². The maximum Gasteiger partial charge on any atom is 0.475 e. The molecular weight excluding hydrogens is 606 g/mol. The second-order valence-corrected chi connectivity index (χ2v) is 14.9. The smallest absolute Gasteiger partial charge is 0.475 e. The van der Waals surface area contributed by atoms with Gasteiger partial charge in [0, 0.05) is 13.3 Å². The number of aliphatic imine (C=N–C) groups is 1. The first-order chi connectivity index (χ1) is 20.8. The third-order valence-electron chi connectivity index (χ3n) is 6.90. The van der Waals surface area contributed by atoms with Gasteiger partial charge in [-0.05, 0) is 88.4 Å². The predicted octanol–water partition coefficient (Wildman–Crippen LogP) is 9.36. The summed E-state index contributed by atoms with van der Waals surface area (Å²) in [6.07, 6.45) is -3.64. The van der Waals surface area contributed by atoms with Crippen LogP contribution >= 0.6 is 7.82 Å². The van der Waals surface area contributed by atoms with Crippen molar-refractivity contribution in [2.24, 2.45) is 4.99 Å². The fourth-order valence-electron chi connectivity index (χ4n) is 4.98. The normalized spacial score (nSPS) is 17.8. The van der Waals surface area contributed by atoms with E-state index in [1.807, 2.05) is 42.5 Å². The number of rotatable bonds is 12. The number of hydrogen-bond acceptors (Lipinski definition) is 7. The predicted molar refractivity (Wildman–Crippen MR) is 170 cm³/mol. The maximum atomic E-state index is 14.1. The number of phosphoric acid groups is 1. The number of nitrogens with zero attached hydrogens (tertiary/aromatic N) is 1. The number of fused-ring (bicyclic) bond motifs is 1. The maximum absolute atomic E-state index is 14.1. The fraction of sp³-hybridized carbons (Fsp3) is 0.500. The fourth-order valence-corrected chi connectivity index (χ4v) is 6.87. The van der Waals surface area contributed by atoms with Gasteiger partial charge in [0.2, 0.25) is 0 Å². The molecule has 0 aliphatic carbocycles. The van der Waals surface area contributed by atoms with Crippen LogP contribution in [0.5, 0.6) is 5.75 Å². The van der Waals surface area contributed by atoms with Crippen LogP contribution in [0.1, 0.15) is 71.6 Å². The van der Waals surface area contributed by atoms with Crippen molar-refractivity contribution in [1.82, 2.24) is 0 Å². The molecule has 246 valence electrons. The van der Waals surface area contributed by atoms with Gasteiger partial charge in [0.1, 0.15) is 17.9 Å². The molecule has 1 aliphatic heterocycles. The number of benzene rings is 3. The molecule has 0 saturated carbocycles. The van der Waals surface area contributed by atoms with E-state index in [-0.39, 0.29) is 38.4 Å². The molecule has 0 fully saturated rings. The Hall–Kier alpha value is -2.91. The van der Waals surface area contributed by atoms with E-state index in [0.717, 1.165) is 22.4 Å². The van der Waals surface area contributed by atoms with Crippen LogP contribution in [0.25, 0.3) is 10.8 Å². The van der Waals surface area contributed by atoms with Crippen LogP contribution in [-0.2, 0) is 41.9 Å². The quantitative estimate of drug-likeness (QED) is 0.182. The standard InChI is InChI=1S/C34H43F3NO6P/c1-24-38-33(22-41-24,23-42-45(39,43-31(2,3)4)44-32(5,6)7)18-16-25-13-15-30(29(21-25)34(35,36)37)40-19-17-26-12-14-27-10-8-9-11-28(27)20-26/h8-15,20-21H,16-19,22-23H2,1-7H3. The molecule has 45 heavy (non-hydrogen) atoms. The lowest BCUT2D eigenvalue weighted by Gasteiger charge is -2.33. The Balaban J connectivity index is 1.46. The van der Waals surface area contributed by atoms with Crippen molar-refractivity contribution >= 4 is 24.5 Å². The summed E-state index contributed by atoms with van der Waals surface area (Å²) in [6, 6.07) is 18.0. The number of halogens is 3. The summed E-state index contributed by atoms with van der Waals surface area (Å²) in [5.74, 6) is 0.191. The highest BCUT2D eigenvalue weighted by Crippen LogP contribution is 2.56. The van der Waals surface area contributed by atoms with Crippen LogP contribution in [0, 0.1) is 0 Å². The van der Waals surface area contributed by atoms with E-state index < -0.39 is 36.3 Å². The Labute approximate surface area is 263 Å². The van der Waals surface area contributed by atoms with E-state index in [9.17, 15) is 17.7 Å². The molecule has 11 heteroatoms. The first-order valence-corrected chi connectivity index (χ1v) is 16.5. The molecule has 0 spiro atoms. The second-order valence-electron chi connectivity index (χ2n) is 13.4. The van der Waals surface area contributed by atoms with E-state index in [0.29, 0.717) is 17.9 Å². The van der Waals surface area contributed by atoms with Crippen LogP contribution in [0.2, 0.25) is 0 Å². The van der Waals surface area contributed by atoms with Gasteiger partial charge in [-0.25, -0.2) is 9.56 Å². The Morgan fingerprint density at radius 3 is 2.09 bits per heavy atom. The van der Waals surface area contributed by atoms with E-state index in [4.69, 9.17) is 23.0 Å². The van der Waals surface area contributed by atoms with Crippen molar-refractivity contribution in [3.63, 3.8) is 0 Å². The molecule has 1 aliphatic rings. The summed E-state index contributed by atoms with van der Waals surface area (Å²) < 4.78 is 84.6. The number of ether oxygens (including phenoxy) is 2. The van der Waals surface area contributed by atoms with Gasteiger partial charge >= 0.3 is 14.0 Å². The molecule has 4 rings (SSSR count). The lowest BCUT2D eigenvalue weighted by molar-refractivity contribution is -0.139. The van der Waals surface area contributed by atoms with Crippen LogP contribution in [0.3, 0.4) is 0 Å². The highest BCUT2D eigenvalue weighted by molar-refractivity contribution is 7.48. The molecule has 1 heterocycles. The molecule has 7 nitrogen and oxygen atoms in total. The van der Waals surface area contributed by atoms with E-state index in [1.165, 1.54) is 6.07 Å². The molecular formula is C34H43F3NO6P. The van der Waals surface area contributed by atoms with Crippen LogP contribution < -0.4 is 4.74 Å². The summed E-state index contributed by atoms with van der Waals surface area (Å²) in [5.41, 5.74) is -2.06. The Morgan fingerprint density at radius 1 is 0.867 bits per heavy atom. The number of phosphoric ester groups is 1. The van der Waals surface area contributed by atoms with Crippen molar-refractivity contribution in [1.29, 1.82) is 0 Å². The van der Waals surface area contributed by atoms with Gasteiger partial charge < -0.3 is 9.47 Å². The molecule has 0 amide bonds. The molecule has 3 aromatic rings. The summed E-state index contributed by atoms with van der Waals surface area (Å²) in [5, 5.41) is 2.16. The summed E-state index contributed by atoms with van der Waals surface area (Å²) in [4.78, 5) is 4.60. The minimum atomic E-state index is -4.61. The van der Waals surface area contributed by atoms with Gasteiger partial charge in [0.05, 0.1) is 30.0 Å². The summed E-state index contributed by atoms with van der Waals surface area (Å²) in [6.45, 7) is 12.1. The molecule has 1 atom stereocenters. The van der Waals surface area contributed by atoms with Crippen molar-refractivity contribution in [2.75, 3.05) is 19.8 Å². The molecule has 0 radical (unpaired) electrons. The lowest BCUT2D eigenvalue weighted by Crippen LogP contribution is -2.36. The summed E-state index contributed by atoms with van der Waals surface area (Å²) in [7, 11) is -4.05. The van der Waals surface area contributed by atoms with Gasteiger partial charge in [0.15, 0.2) is 5.90 Å². The number of hydrogen-bond donors (Lipinski definition) is 0. The Bertz CT molecular complexity index is 1540. The lowest BCUT2D eigenvalue weighted by atomic mass is 9.93. The molecule has 0 N–H and O–H groups in total. The highest BCUT2D eigenvalue weighted by atomic mass is 31.2. The van der Waals surface area contributed by atoms with Crippen LogP contribution in [0.15, 0.2) is 65.7 Å². The largest absolute Gasteiger partial charge is 0.493 e. The average molecular weight is 650 g/mol. The zero-order valence-corrected chi connectivity index (χ0v) is 27.9.